The van der Waals surface area contributed by atoms with Gasteiger partial charge < -0.3 is 10.1 Å². The summed E-state index contributed by atoms with van der Waals surface area (Å²) in [5.41, 5.74) is 3.90. The first kappa shape index (κ1) is 22.6. The van der Waals surface area contributed by atoms with Crippen LogP contribution in [0.3, 0.4) is 0 Å². The van der Waals surface area contributed by atoms with E-state index >= 15 is 0 Å². The van der Waals surface area contributed by atoms with Gasteiger partial charge >= 0.3 is 11.8 Å². The molecule has 6 nitrogen and oxygen atoms in total. The Morgan fingerprint density at radius 3 is 2.45 bits per heavy atom. The van der Waals surface area contributed by atoms with Crippen molar-refractivity contribution in [2.75, 3.05) is 5.32 Å². The van der Waals surface area contributed by atoms with E-state index in [9.17, 15) is 9.59 Å². The molecule has 2 N–H and O–H groups in total. The Kier molecular flexibility index (Phi) is 7.89. The van der Waals surface area contributed by atoms with E-state index in [2.05, 4.69) is 15.8 Å². The molecule has 0 saturated heterocycles. The van der Waals surface area contributed by atoms with Gasteiger partial charge in [0.25, 0.3) is 0 Å². The fourth-order valence-electron chi connectivity index (χ4n) is 2.46. The van der Waals surface area contributed by atoms with E-state index in [0.29, 0.717) is 22.9 Å². The minimum Gasteiger partial charge on any atom is -0.489 e. The quantitative estimate of drug-likeness (QED) is 0.287. The molecule has 0 aromatic heterocycles. The van der Waals surface area contributed by atoms with Crippen molar-refractivity contribution in [2.24, 2.45) is 5.10 Å². The molecule has 3 aromatic rings. The number of hydrogen-bond donors (Lipinski definition) is 2. The topological polar surface area (TPSA) is 79.8 Å². The number of amides is 2. The highest BCUT2D eigenvalue weighted by Crippen LogP contribution is 2.29. The first-order valence-electron chi connectivity index (χ1n) is 8.98. The summed E-state index contributed by atoms with van der Waals surface area (Å²) < 4.78 is 5.75. The zero-order valence-corrected chi connectivity index (χ0v) is 18.2. The summed E-state index contributed by atoms with van der Waals surface area (Å²) in [5, 5.41) is 7.20. The second kappa shape index (κ2) is 10.8. The third kappa shape index (κ3) is 6.46. The molecule has 0 heterocycles. The van der Waals surface area contributed by atoms with Crippen LogP contribution in [0.1, 0.15) is 11.1 Å². The van der Waals surface area contributed by atoms with Crippen molar-refractivity contribution < 1.29 is 14.3 Å². The van der Waals surface area contributed by atoms with E-state index in [1.807, 2.05) is 18.2 Å². The van der Waals surface area contributed by atoms with Gasteiger partial charge in [0.1, 0.15) is 12.4 Å². The highest BCUT2D eigenvalue weighted by Gasteiger charge is 2.15. The van der Waals surface area contributed by atoms with Crippen LogP contribution in [0.15, 0.2) is 71.8 Å². The zero-order chi connectivity index (χ0) is 22.2. The van der Waals surface area contributed by atoms with Gasteiger partial charge in [-0.3, -0.25) is 9.59 Å². The van der Waals surface area contributed by atoms with Crippen LogP contribution in [0.5, 0.6) is 5.75 Å². The number of rotatable bonds is 6. The van der Waals surface area contributed by atoms with E-state index < -0.39 is 11.8 Å². The lowest BCUT2D eigenvalue weighted by atomic mass is 10.2. The maximum Gasteiger partial charge on any atom is 0.329 e. The number of anilines is 1. The fraction of sp³-hybridized carbons (Fsp3) is 0.0455. The third-order valence-corrected chi connectivity index (χ3v) is 5.18. The second-order valence-corrected chi connectivity index (χ2v) is 7.40. The second-order valence-electron chi connectivity index (χ2n) is 6.21. The lowest BCUT2D eigenvalue weighted by Crippen LogP contribution is -2.32. The number of hydrazone groups is 1. The van der Waals surface area contributed by atoms with Crippen LogP contribution >= 0.6 is 34.8 Å². The molecular weight excluding hydrogens is 461 g/mol. The van der Waals surface area contributed by atoms with Gasteiger partial charge in [-0.15, -0.1) is 0 Å². The van der Waals surface area contributed by atoms with Crippen LogP contribution in [0, 0.1) is 0 Å². The average Bonchev–Trinajstić information content (AvgIpc) is 2.76. The molecule has 0 bridgehead atoms. The lowest BCUT2D eigenvalue weighted by molar-refractivity contribution is -0.136. The highest BCUT2D eigenvalue weighted by molar-refractivity contribution is 6.45. The summed E-state index contributed by atoms with van der Waals surface area (Å²) in [4.78, 5) is 23.9. The molecule has 0 aliphatic heterocycles. The van der Waals surface area contributed by atoms with E-state index in [0.717, 1.165) is 5.56 Å². The largest absolute Gasteiger partial charge is 0.489 e. The van der Waals surface area contributed by atoms with E-state index in [1.165, 1.54) is 12.3 Å². The Bertz CT molecular complexity index is 1140. The first-order chi connectivity index (χ1) is 14.9. The van der Waals surface area contributed by atoms with Gasteiger partial charge in [-0.05, 0) is 35.9 Å². The van der Waals surface area contributed by atoms with Gasteiger partial charge in [0.05, 0.1) is 21.9 Å². The molecule has 0 radical (unpaired) electrons. The first-order valence-corrected chi connectivity index (χ1v) is 10.1. The number of carbonyl (C=O) groups is 2. The van der Waals surface area contributed by atoms with Crippen molar-refractivity contribution in [2.45, 2.75) is 6.61 Å². The fourth-order valence-corrected chi connectivity index (χ4v) is 2.99. The predicted octanol–water partition coefficient (Wildman–Crippen LogP) is 5.31. The molecule has 0 aliphatic carbocycles. The molecule has 31 heavy (non-hydrogen) atoms. The minimum atomic E-state index is -0.960. The smallest absolute Gasteiger partial charge is 0.329 e. The van der Waals surface area contributed by atoms with Crippen LogP contribution in [-0.4, -0.2) is 18.0 Å². The van der Waals surface area contributed by atoms with Crippen LogP contribution in [0.2, 0.25) is 15.1 Å². The van der Waals surface area contributed by atoms with E-state index in [4.69, 9.17) is 39.5 Å². The summed E-state index contributed by atoms with van der Waals surface area (Å²) >= 11 is 18.0. The molecule has 9 heteroatoms. The molecule has 0 aliphatic rings. The standard InChI is InChI=1S/C22H16Cl3N3O3/c23-17-8-2-1-6-15(17)13-31-16-7-3-5-14(11-16)12-26-28-22(30)21(29)27-19-10-4-9-18(24)20(19)25/h1-12H,13H2,(H,27,29)(H,28,30). The number of ether oxygens (including phenoxy) is 1. The van der Waals surface area contributed by atoms with Gasteiger partial charge in [-0.1, -0.05) is 71.2 Å². The van der Waals surface area contributed by atoms with Gasteiger partial charge in [-0.2, -0.15) is 5.10 Å². The van der Waals surface area contributed by atoms with Crippen molar-refractivity contribution in [1.82, 2.24) is 5.43 Å². The highest BCUT2D eigenvalue weighted by atomic mass is 35.5. The number of nitrogens with zero attached hydrogens (tertiary/aromatic N) is 1. The summed E-state index contributed by atoms with van der Waals surface area (Å²) in [7, 11) is 0. The predicted molar refractivity (Wildman–Crippen MR) is 123 cm³/mol. The Hall–Kier alpha value is -3.06. The minimum absolute atomic E-state index is 0.141. The molecule has 0 unspecified atom stereocenters. The molecule has 0 spiro atoms. The number of halogens is 3. The monoisotopic (exact) mass is 475 g/mol. The van der Waals surface area contributed by atoms with Gasteiger partial charge in [0, 0.05) is 10.6 Å². The maximum absolute atomic E-state index is 12.0. The summed E-state index contributed by atoms with van der Waals surface area (Å²) in [6.45, 7) is 0.309. The molecule has 0 saturated carbocycles. The van der Waals surface area contributed by atoms with Crippen molar-refractivity contribution in [3.05, 3.63) is 92.9 Å². The van der Waals surface area contributed by atoms with Gasteiger partial charge in [0.15, 0.2) is 0 Å². The SMILES string of the molecule is O=C(NN=Cc1cccc(OCc2ccccc2Cl)c1)C(=O)Nc1cccc(Cl)c1Cl. The maximum atomic E-state index is 12.0. The normalized spacial score (nSPS) is 10.7. The van der Waals surface area contributed by atoms with Gasteiger partial charge in [0.2, 0.25) is 0 Å². The Balaban J connectivity index is 1.55. The van der Waals surface area contributed by atoms with Crippen LogP contribution < -0.4 is 15.5 Å². The van der Waals surface area contributed by atoms with Crippen molar-refractivity contribution in [1.29, 1.82) is 0 Å². The van der Waals surface area contributed by atoms with Crippen LogP contribution in [-0.2, 0) is 16.2 Å². The van der Waals surface area contributed by atoms with Crippen molar-refractivity contribution in [3.8, 4) is 5.75 Å². The summed E-state index contributed by atoms with van der Waals surface area (Å²) in [6, 6.07) is 19.2. The van der Waals surface area contributed by atoms with Crippen LogP contribution in [0.25, 0.3) is 0 Å². The number of carbonyl (C=O) groups excluding carboxylic acids is 2. The number of hydrogen-bond acceptors (Lipinski definition) is 4. The Morgan fingerprint density at radius 1 is 0.903 bits per heavy atom. The number of benzene rings is 3. The molecular formula is C22H16Cl3N3O3. The molecule has 0 fully saturated rings. The van der Waals surface area contributed by atoms with Crippen molar-refractivity contribution in [3.63, 3.8) is 0 Å². The molecule has 3 rings (SSSR count). The van der Waals surface area contributed by atoms with Gasteiger partial charge in [-0.25, -0.2) is 5.43 Å². The molecule has 2 amide bonds. The molecule has 158 valence electrons. The van der Waals surface area contributed by atoms with E-state index in [-0.39, 0.29) is 15.7 Å². The van der Waals surface area contributed by atoms with Crippen LogP contribution in [0.4, 0.5) is 5.69 Å². The Labute approximate surface area is 193 Å². The van der Waals surface area contributed by atoms with E-state index in [1.54, 1.807) is 42.5 Å². The third-order valence-electron chi connectivity index (χ3n) is 4.00. The lowest BCUT2D eigenvalue weighted by Gasteiger charge is -2.08. The zero-order valence-electron chi connectivity index (χ0n) is 15.9. The van der Waals surface area contributed by atoms with Crippen molar-refractivity contribution >= 4 is 58.5 Å². The number of nitrogens with one attached hydrogen (secondary N) is 2. The molecule has 0 atom stereocenters. The molecule has 3 aromatic carbocycles. The Morgan fingerprint density at radius 2 is 1.65 bits per heavy atom. The average molecular weight is 477 g/mol. The summed E-state index contributed by atoms with van der Waals surface area (Å²) in [5.74, 6) is -1.29. The summed E-state index contributed by atoms with van der Waals surface area (Å²) in [6.07, 6.45) is 1.39.